The van der Waals surface area contributed by atoms with Crippen LogP contribution >= 0.6 is 22.7 Å². The molecule has 8 rings (SSSR count). The first kappa shape index (κ1) is 46.2. The first-order valence-electron chi connectivity index (χ1n) is 19.9. The van der Waals surface area contributed by atoms with Gasteiger partial charge in [-0.25, -0.2) is 48.8 Å². The number of benzene rings is 4. The molecule has 2 aromatic heterocycles. The molecule has 0 N–H and O–H groups in total. The molecule has 0 aliphatic carbocycles. The zero-order valence-corrected chi connectivity index (χ0v) is 38.6. The average Bonchev–Trinajstić information content (AvgIpc) is 3.94. The van der Waals surface area contributed by atoms with Crippen molar-refractivity contribution in [3.05, 3.63) is 128 Å². The number of sulfonamides is 2. The van der Waals surface area contributed by atoms with E-state index in [1.54, 1.807) is 15.6 Å². The molecule has 334 valence electrons. The Morgan fingerprint density at radius 1 is 0.492 bits per heavy atom. The smallest absolute Gasteiger partial charge is 0.249 e. The van der Waals surface area contributed by atoms with Crippen LogP contribution in [0.5, 0.6) is 0 Å². The second-order valence-corrected chi connectivity index (χ2v) is 21.0. The first-order valence-corrected chi connectivity index (χ1v) is 24.6. The van der Waals surface area contributed by atoms with Crippen molar-refractivity contribution in [2.45, 2.75) is 51.3 Å². The maximum atomic E-state index is 14.1. The lowest BCUT2D eigenvalue weighted by atomic mass is 9.98. The third-order valence-electron chi connectivity index (χ3n) is 11.0. The van der Waals surface area contributed by atoms with Crippen molar-refractivity contribution in [1.29, 1.82) is 0 Å². The zero-order chi connectivity index (χ0) is 45.5. The summed E-state index contributed by atoms with van der Waals surface area (Å²) in [6, 6.07) is 18.1. The second-order valence-electron chi connectivity index (χ2n) is 15.6. The molecule has 0 bridgehead atoms. The first-order chi connectivity index (χ1) is 29.8. The summed E-state index contributed by atoms with van der Waals surface area (Å²) in [5.74, 6) is -11.7. The number of aryl methyl sites for hydroxylation is 6. The Morgan fingerprint density at radius 2 is 0.873 bits per heavy atom. The van der Waals surface area contributed by atoms with Crippen LogP contribution in [0.2, 0.25) is 0 Å². The van der Waals surface area contributed by atoms with E-state index in [2.05, 4.69) is 39.5 Å². The van der Waals surface area contributed by atoms with Gasteiger partial charge in [0.05, 0.1) is 16.3 Å². The van der Waals surface area contributed by atoms with Crippen molar-refractivity contribution in [2.75, 3.05) is 62.2 Å². The summed E-state index contributed by atoms with van der Waals surface area (Å²) >= 11 is 2.98. The minimum absolute atomic E-state index is 0.132. The Kier molecular flexibility index (Phi) is 13.5. The number of nitrogens with zero attached hydrogens (tertiary/aromatic N) is 6. The van der Waals surface area contributed by atoms with Gasteiger partial charge in [0, 0.05) is 74.2 Å². The summed E-state index contributed by atoms with van der Waals surface area (Å²) in [7, 11) is -8.44. The predicted molar refractivity (Wildman–Crippen MR) is 238 cm³/mol. The van der Waals surface area contributed by atoms with E-state index in [1.807, 2.05) is 82.2 Å². The van der Waals surface area contributed by atoms with E-state index in [4.69, 9.17) is 4.98 Å². The van der Waals surface area contributed by atoms with Crippen molar-refractivity contribution in [3.8, 4) is 22.5 Å². The molecule has 2 saturated heterocycles. The molecule has 10 nitrogen and oxygen atoms in total. The van der Waals surface area contributed by atoms with Gasteiger partial charge in [-0.1, -0.05) is 65.7 Å². The van der Waals surface area contributed by atoms with Crippen LogP contribution in [0, 0.1) is 70.6 Å². The molecule has 19 heteroatoms. The topological polar surface area (TPSA) is 107 Å². The molecule has 4 aromatic carbocycles. The molecule has 0 radical (unpaired) electrons. The van der Waals surface area contributed by atoms with Gasteiger partial charge in [0.1, 0.15) is 0 Å². The number of rotatable bonds is 8. The van der Waals surface area contributed by atoms with E-state index in [9.17, 15) is 38.8 Å². The highest BCUT2D eigenvalue weighted by Gasteiger charge is 2.39. The van der Waals surface area contributed by atoms with Crippen LogP contribution in [-0.2, 0) is 20.0 Å². The van der Waals surface area contributed by atoms with E-state index in [0.29, 0.717) is 40.5 Å². The number of halogens is 5. The Morgan fingerprint density at radius 3 is 1.33 bits per heavy atom. The SMILES string of the molecule is Cc1cc(C)c(-c2csc(N3CCN(S(=O)(=O)c4c(F)c(F)c(F)c(F)c4F)CC3)n2)c(C)c1.Cc1cc(C)c(S(=O)(=O)N2CCN(c3nc(-c4ccccc4)cs3)CC2)c(C)c1. The largest absolute Gasteiger partial charge is 0.345 e. The van der Waals surface area contributed by atoms with Gasteiger partial charge in [-0.05, 0) is 63.8 Å². The number of thiazole rings is 2. The van der Waals surface area contributed by atoms with Crippen LogP contribution in [-0.4, -0.2) is 87.8 Å². The van der Waals surface area contributed by atoms with Gasteiger partial charge in [-0.3, -0.25) is 0 Å². The number of anilines is 2. The molecule has 2 fully saturated rings. The standard InChI is InChI=1S/C22H20F5N3O2S2.C22H25N3O2S2/c1-11-8-12(2)15(13(3)9-11)14-10-33-22(28-14)29-4-6-30(7-5-29)34(31,32)21-19(26)17(24)16(23)18(25)20(21)27;1-16-13-17(2)21(18(3)14-16)29(26,27)25-11-9-24(10-12-25)22-23-20(15-28-22)19-7-5-4-6-8-19/h8-10H,4-7H2,1-3H3;4-8,13-15H,9-12H2,1-3H3. The molecular weight excluding hydrogens is 900 g/mol. The molecule has 4 heterocycles. The highest BCUT2D eigenvalue weighted by atomic mass is 32.2. The number of piperazine rings is 2. The number of hydrogen-bond acceptors (Lipinski definition) is 10. The summed E-state index contributed by atoms with van der Waals surface area (Å²) in [4.78, 5) is 12.1. The van der Waals surface area contributed by atoms with E-state index in [0.717, 1.165) is 61.0 Å². The molecule has 0 saturated carbocycles. The fourth-order valence-electron chi connectivity index (χ4n) is 8.14. The number of aromatic nitrogens is 2. The van der Waals surface area contributed by atoms with E-state index in [-0.39, 0.29) is 26.2 Å². The third-order valence-corrected chi connectivity index (χ3v) is 16.9. The van der Waals surface area contributed by atoms with Gasteiger partial charge in [0.25, 0.3) is 0 Å². The number of hydrogen-bond donors (Lipinski definition) is 0. The quantitative estimate of drug-likeness (QED) is 0.0846. The molecule has 0 unspecified atom stereocenters. The maximum Gasteiger partial charge on any atom is 0.249 e. The summed E-state index contributed by atoms with van der Waals surface area (Å²) < 4.78 is 123. The Hall–Kier alpha value is -4.79. The molecule has 6 aromatic rings. The second kappa shape index (κ2) is 18.4. The van der Waals surface area contributed by atoms with Crippen LogP contribution < -0.4 is 9.80 Å². The highest BCUT2D eigenvalue weighted by Crippen LogP contribution is 2.35. The molecular formula is C44H45F5N6O4S4. The van der Waals surface area contributed by atoms with Gasteiger partial charge in [-0.2, -0.15) is 8.61 Å². The van der Waals surface area contributed by atoms with Crippen LogP contribution in [0.3, 0.4) is 0 Å². The predicted octanol–water partition coefficient (Wildman–Crippen LogP) is 9.19. The fraction of sp³-hybridized carbons (Fsp3) is 0.318. The van der Waals surface area contributed by atoms with Crippen molar-refractivity contribution in [2.24, 2.45) is 0 Å². The zero-order valence-electron chi connectivity index (χ0n) is 35.3. The van der Waals surface area contributed by atoms with Crippen molar-refractivity contribution >= 4 is 53.0 Å². The maximum absolute atomic E-state index is 14.1. The van der Waals surface area contributed by atoms with Crippen molar-refractivity contribution in [3.63, 3.8) is 0 Å². The minimum atomic E-state index is -4.95. The monoisotopic (exact) mass is 944 g/mol. The average molecular weight is 945 g/mol. The molecule has 0 spiro atoms. The molecule has 2 aliphatic heterocycles. The minimum Gasteiger partial charge on any atom is -0.345 e. The molecule has 0 amide bonds. The Balaban J connectivity index is 0.000000191. The van der Waals surface area contributed by atoms with E-state index in [1.165, 1.54) is 11.3 Å². The fourth-order valence-corrected chi connectivity index (χ4v) is 13.3. The van der Waals surface area contributed by atoms with Crippen LogP contribution in [0.4, 0.5) is 32.2 Å². The highest BCUT2D eigenvalue weighted by molar-refractivity contribution is 7.89. The summed E-state index contributed by atoms with van der Waals surface area (Å²) in [6.07, 6.45) is 0. The Labute approximate surface area is 372 Å². The van der Waals surface area contributed by atoms with Crippen molar-refractivity contribution < 1.29 is 38.8 Å². The summed E-state index contributed by atoms with van der Waals surface area (Å²) in [6.45, 7) is 13.8. The molecule has 2 aliphatic rings. The van der Waals surface area contributed by atoms with Gasteiger partial charge >= 0.3 is 0 Å². The van der Waals surface area contributed by atoms with Crippen LogP contribution in [0.25, 0.3) is 22.5 Å². The molecule has 63 heavy (non-hydrogen) atoms. The third kappa shape index (κ3) is 9.26. The molecule has 0 atom stereocenters. The van der Waals surface area contributed by atoms with E-state index < -0.39 is 54.0 Å². The van der Waals surface area contributed by atoms with Crippen molar-refractivity contribution in [1.82, 2.24) is 18.6 Å². The summed E-state index contributed by atoms with van der Waals surface area (Å²) in [5, 5.41) is 5.55. The van der Waals surface area contributed by atoms with E-state index >= 15 is 0 Å². The van der Waals surface area contributed by atoms with Gasteiger partial charge < -0.3 is 9.80 Å². The Bertz CT molecular complexity index is 2820. The van der Waals surface area contributed by atoms with Crippen LogP contribution in [0.15, 0.2) is 75.1 Å². The van der Waals surface area contributed by atoms with Gasteiger partial charge in [0.15, 0.2) is 38.4 Å². The summed E-state index contributed by atoms with van der Waals surface area (Å²) in [5.41, 5.74) is 9.87. The lowest BCUT2D eigenvalue weighted by molar-refractivity contribution is 0.344. The lowest BCUT2D eigenvalue weighted by Crippen LogP contribution is -2.49. The van der Waals surface area contributed by atoms with Crippen LogP contribution in [0.1, 0.15) is 33.4 Å². The van der Waals surface area contributed by atoms with Gasteiger partial charge in [0.2, 0.25) is 25.9 Å². The van der Waals surface area contributed by atoms with Gasteiger partial charge in [-0.15, -0.1) is 22.7 Å². The normalized spacial score (nSPS) is 15.4. The lowest BCUT2D eigenvalue weighted by Gasteiger charge is -2.34.